The molecule has 4 heteroatoms. The number of hydrogen-bond donors (Lipinski definition) is 0. The standard InChI is InChI=1S/C15H26O4/c1-11(2)13-4-6-15(10-13,19-12(3)16)7-5-14-17-8-9-18-14/h11,13-14H,4-10H2,1-3H3. The van der Waals surface area contributed by atoms with Gasteiger partial charge in [-0.3, -0.25) is 4.79 Å². The molecule has 0 amide bonds. The smallest absolute Gasteiger partial charge is 0.303 e. The van der Waals surface area contributed by atoms with Gasteiger partial charge in [-0.2, -0.15) is 0 Å². The lowest BCUT2D eigenvalue weighted by molar-refractivity contribution is -0.160. The number of carbonyl (C=O) groups is 1. The molecule has 1 aliphatic heterocycles. The molecule has 2 aliphatic rings. The minimum atomic E-state index is -0.282. The highest BCUT2D eigenvalue weighted by molar-refractivity contribution is 5.66. The number of hydrogen-bond acceptors (Lipinski definition) is 4. The van der Waals surface area contributed by atoms with Crippen LogP contribution in [0.2, 0.25) is 0 Å². The maximum absolute atomic E-state index is 11.4. The monoisotopic (exact) mass is 270 g/mol. The van der Waals surface area contributed by atoms with Crippen LogP contribution >= 0.6 is 0 Å². The molecule has 110 valence electrons. The van der Waals surface area contributed by atoms with Gasteiger partial charge in [-0.1, -0.05) is 13.8 Å². The van der Waals surface area contributed by atoms with Crippen molar-refractivity contribution in [1.82, 2.24) is 0 Å². The average molecular weight is 270 g/mol. The summed E-state index contributed by atoms with van der Waals surface area (Å²) in [5, 5.41) is 0. The molecule has 0 spiro atoms. The van der Waals surface area contributed by atoms with Crippen LogP contribution in [0.5, 0.6) is 0 Å². The van der Waals surface area contributed by atoms with Gasteiger partial charge >= 0.3 is 5.97 Å². The van der Waals surface area contributed by atoms with Gasteiger partial charge in [0.05, 0.1) is 13.2 Å². The third kappa shape index (κ3) is 3.93. The summed E-state index contributed by atoms with van der Waals surface area (Å²) in [6.07, 6.45) is 4.67. The van der Waals surface area contributed by atoms with Crippen LogP contribution in [0.3, 0.4) is 0 Å². The predicted molar refractivity (Wildman–Crippen MR) is 71.6 cm³/mol. The first kappa shape index (κ1) is 14.8. The van der Waals surface area contributed by atoms with Crippen LogP contribution < -0.4 is 0 Å². The van der Waals surface area contributed by atoms with Gasteiger partial charge in [-0.05, 0) is 37.5 Å². The summed E-state index contributed by atoms with van der Waals surface area (Å²) >= 11 is 0. The van der Waals surface area contributed by atoms with Crippen molar-refractivity contribution in [3.8, 4) is 0 Å². The summed E-state index contributed by atoms with van der Waals surface area (Å²) in [6.45, 7) is 7.36. The summed E-state index contributed by atoms with van der Waals surface area (Å²) in [6, 6.07) is 0. The molecule has 4 nitrogen and oxygen atoms in total. The fraction of sp³-hybridized carbons (Fsp3) is 0.933. The highest BCUT2D eigenvalue weighted by Crippen LogP contribution is 2.44. The molecule has 2 unspecified atom stereocenters. The number of ether oxygens (including phenoxy) is 3. The van der Waals surface area contributed by atoms with E-state index < -0.39 is 0 Å². The maximum Gasteiger partial charge on any atom is 0.303 e. The molecule has 0 bridgehead atoms. The van der Waals surface area contributed by atoms with Gasteiger partial charge in [-0.25, -0.2) is 0 Å². The van der Waals surface area contributed by atoms with E-state index in [1.807, 2.05) is 0 Å². The molecule has 2 fully saturated rings. The van der Waals surface area contributed by atoms with Gasteiger partial charge < -0.3 is 14.2 Å². The third-order valence-corrected chi connectivity index (χ3v) is 4.43. The van der Waals surface area contributed by atoms with E-state index in [1.165, 1.54) is 6.92 Å². The van der Waals surface area contributed by atoms with E-state index in [9.17, 15) is 4.79 Å². The van der Waals surface area contributed by atoms with Gasteiger partial charge in [0, 0.05) is 13.3 Å². The summed E-state index contributed by atoms with van der Waals surface area (Å²) in [5.74, 6) is 1.14. The van der Waals surface area contributed by atoms with Crippen LogP contribution in [0.1, 0.15) is 52.9 Å². The highest BCUT2D eigenvalue weighted by atomic mass is 16.7. The van der Waals surface area contributed by atoms with Gasteiger partial charge in [0.15, 0.2) is 6.29 Å². The van der Waals surface area contributed by atoms with Crippen LogP contribution in [-0.4, -0.2) is 31.1 Å². The fourth-order valence-electron chi connectivity index (χ4n) is 3.33. The van der Waals surface area contributed by atoms with Crippen LogP contribution in [0.15, 0.2) is 0 Å². The van der Waals surface area contributed by atoms with Crippen molar-refractivity contribution in [1.29, 1.82) is 0 Å². The van der Waals surface area contributed by atoms with Crippen molar-refractivity contribution in [2.75, 3.05) is 13.2 Å². The molecule has 2 rings (SSSR count). The Morgan fingerprint density at radius 1 is 1.37 bits per heavy atom. The molecule has 1 heterocycles. The molecule has 19 heavy (non-hydrogen) atoms. The lowest BCUT2D eigenvalue weighted by Crippen LogP contribution is -2.33. The first-order chi connectivity index (χ1) is 9.01. The first-order valence-electron chi connectivity index (χ1n) is 7.43. The number of esters is 1. The molecule has 2 atom stereocenters. The molecule has 1 aliphatic carbocycles. The Labute approximate surface area is 115 Å². The zero-order valence-electron chi connectivity index (χ0n) is 12.3. The van der Waals surface area contributed by atoms with Crippen LogP contribution in [0, 0.1) is 11.8 Å². The number of rotatable bonds is 5. The van der Waals surface area contributed by atoms with E-state index in [0.29, 0.717) is 25.0 Å². The van der Waals surface area contributed by atoms with E-state index >= 15 is 0 Å². The molecule has 1 saturated heterocycles. The second kappa shape index (κ2) is 6.23. The Hall–Kier alpha value is -0.610. The van der Waals surface area contributed by atoms with Crippen molar-refractivity contribution < 1.29 is 19.0 Å². The van der Waals surface area contributed by atoms with E-state index in [-0.39, 0.29) is 17.9 Å². The molecule has 0 N–H and O–H groups in total. The third-order valence-electron chi connectivity index (χ3n) is 4.43. The van der Waals surface area contributed by atoms with Crippen molar-refractivity contribution in [2.24, 2.45) is 11.8 Å². The molecule has 0 aromatic heterocycles. The second-order valence-electron chi connectivity index (χ2n) is 6.23. The van der Waals surface area contributed by atoms with Crippen LogP contribution in [0.25, 0.3) is 0 Å². The predicted octanol–water partition coefficient (Wildman–Crippen LogP) is 2.90. The molecular formula is C15H26O4. The highest BCUT2D eigenvalue weighted by Gasteiger charge is 2.43. The summed E-state index contributed by atoms with van der Waals surface area (Å²) < 4.78 is 16.6. The van der Waals surface area contributed by atoms with Crippen molar-refractivity contribution in [3.63, 3.8) is 0 Å². The zero-order valence-corrected chi connectivity index (χ0v) is 12.3. The number of carbonyl (C=O) groups excluding carboxylic acids is 1. The lowest BCUT2D eigenvalue weighted by Gasteiger charge is -2.30. The minimum absolute atomic E-state index is 0.106. The summed E-state index contributed by atoms with van der Waals surface area (Å²) in [5.41, 5.74) is -0.282. The van der Waals surface area contributed by atoms with Crippen LogP contribution in [0.4, 0.5) is 0 Å². The van der Waals surface area contributed by atoms with Gasteiger partial charge in [0.25, 0.3) is 0 Å². The molecular weight excluding hydrogens is 244 g/mol. The van der Waals surface area contributed by atoms with Gasteiger partial charge in [0.2, 0.25) is 0 Å². The van der Waals surface area contributed by atoms with Gasteiger partial charge in [-0.15, -0.1) is 0 Å². The Kier molecular flexibility index (Phi) is 4.85. The van der Waals surface area contributed by atoms with Crippen LogP contribution in [-0.2, 0) is 19.0 Å². The van der Waals surface area contributed by atoms with Crippen molar-refractivity contribution in [3.05, 3.63) is 0 Å². The largest absolute Gasteiger partial charge is 0.459 e. The van der Waals surface area contributed by atoms with E-state index in [2.05, 4.69) is 13.8 Å². The van der Waals surface area contributed by atoms with E-state index in [4.69, 9.17) is 14.2 Å². The Balaban J connectivity index is 1.93. The first-order valence-corrected chi connectivity index (χ1v) is 7.43. The average Bonchev–Trinajstić information content (AvgIpc) is 2.95. The Morgan fingerprint density at radius 3 is 2.58 bits per heavy atom. The summed E-state index contributed by atoms with van der Waals surface area (Å²) in [4.78, 5) is 11.4. The van der Waals surface area contributed by atoms with E-state index in [0.717, 1.165) is 32.1 Å². The zero-order chi connectivity index (χ0) is 13.9. The van der Waals surface area contributed by atoms with Crippen molar-refractivity contribution >= 4 is 5.97 Å². The van der Waals surface area contributed by atoms with Crippen molar-refractivity contribution in [2.45, 2.75) is 64.8 Å². The quantitative estimate of drug-likeness (QED) is 0.721. The molecule has 1 saturated carbocycles. The lowest BCUT2D eigenvalue weighted by atomic mass is 9.89. The molecule has 0 aromatic carbocycles. The SMILES string of the molecule is CC(=O)OC1(CCC2OCCO2)CCC(C(C)C)C1. The molecule has 0 aromatic rings. The molecule has 0 radical (unpaired) electrons. The topological polar surface area (TPSA) is 44.8 Å². The van der Waals surface area contributed by atoms with Gasteiger partial charge in [0.1, 0.15) is 5.60 Å². The fourth-order valence-corrected chi connectivity index (χ4v) is 3.33. The minimum Gasteiger partial charge on any atom is -0.459 e. The maximum atomic E-state index is 11.4. The Morgan fingerprint density at radius 2 is 2.05 bits per heavy atom. The second-order valence-corrected chi connectivity index (χ2v) is 6.23. The normalized spacial score (nSPS) is 32.1. The summed E-state index contributed by atoms with van der Waals surface area (Å²) in [7, 11) is 0. The van der Waals surface area contributed by atoms with E-state index in [1.54, 1.807) is 0 Å². The Bertz CT molecular complexity index is 309.